The molecule has 0 radical (unpaired) electrons. The summed E-state index contributed by atoms with van der Waals surface area (Å²) in [5, 5.41) is 26.8. The Balaban J connectivity index is 1.25. The number of esters is 1. The van der Waals surface area contributed by atoms with E-state index >= 15 is 0 Å². The lowest BCUT2D eigenvalue weighted by molar-refractivity contribution is -0.150. The van der Waals surface area contributed by atoms with Crippen molar-refractivity contribution < 1.29 is 42.8 Å². The molecular weight excluding hydrogens is 619 g/mol. The van der Waals surface area contributed by atoms with Crippen LogP contribution in [0.3, 0.4) is 0 Å². The highest BCUT2D eigenvalue weighted by Crippen LogP contribution is 2.48. The van der Waals surface area contributed by atoms with Crippen molar-refractivity contribution in [2.45, 2.75) is 75.7 Å². The Kier molecular flexibility index (Phi) is 8.89. The summed E-state index contributed by atoms with van der Waals surface area (Å²) in [6.07, 6.45) is 0.709. The molecule has 0 spiro atoms. The Hall–Kier alpha value is -3.85. The van der Waals surface area contributed by atoms with Gasteiger partial charge in [-0.1, -0.05) is 36.4 Å². The number of carbonyl (C=O) groups excluding carboxylic acids is 1. The zero-order chi connectivity index (χ0) is 32.6. The van der Waals surface area contributed by atoms with Gasteiger partial charge in [0.2, 0.25) is 11.8 Å². The average molecular weight is 657 g/mol. The van der Waals surface area contributed by atoms with Gasteiger partial charge in [0, 0.05) is 5.39 Å². The summed E-state index contributed by atoms with van der Waals surface area (Å²) in [4.78, 5) is 25.4. The minimum absolute atomic E-state index is 0.0950. The summed E-state index contributed by atoms with van der Waals surface area (Å²) < 4.78 is 44.6. The molecule has 1 aliphatic heterocycles. The third-order valence-corrected chi connectivity index (χ3v) is 9.90. The van der Waals surface area contributed by atoms with Crippen LogP contribution in [0.4, 0.5) is 5.95 Å². The van der Waals surface area contributed by atoms with E-state index in [1.807, 2.05) is 24.3 Å². The molecule has 16 heteroatoms. The number of aliphatic hydroxyl groups excluding tert-OH is 1. The summed E-state index contributed by atoms with van der Waals surface area (Å²) in [5.74, 6) is -0.319. The Morgan fingerprint density at radius 1 is 1.22 bits per heavy atom. The fourth-order valence-corrected chi connectivity index (χ4v) is 7.35. The maximum Gasteiger partial charge on any atom is 0.459 e. The lowest BCUT2D eigenvalue weighted by atomic mass is 9.96. The number of hydrogen-bond donors (Lipinski definition) is 4. The molecule has 1 aliphatic carbocycles. The number of nitrogens with zero attached hydrogens (tertiary/aromatic N) is 4. The molecule has 2 aliphatic rings. The van der Waals surface area contributed by atoms with E-state index in [4.69, 9.17) is 29.0 Å². The second-order valence-corrected chi connectivity index (χ2v) is 13.4. The summed E-state index contributed by atoms with van der Waals surface area (Å²) in [6.45, 7) is 2.38. The van der Waals surface area contributed by atoms with Crippen molar-refractivity contribution in [3.63, 3.8) is 0 Å². The molecule has 15 nitrogen and oxygen atoms in total. The lowest BCUT2D eigenvalue weighted by Crippen LogP contribution is -2.44. The summed E-state index contributed by atoms with van der Waals surface area (Å²) >= 11 is 0. The zero-order valence-corrected chi connectivity index (χ0v) is 26.5. The highest BCUT2D eigenvalue weighted by atomic mass is 31.2. The first-order valence-electron chi connectivity index (χ1n) is 15.0. The molecule has 6 rings (SSSR count). The first-order valence-corrected chi connectivity index (χ1v) is 16.5. The summed E-state index contributed by atoms with van der Waals surface area (Å²) in [7, 11) is -2.95. The predicted octanol–water partition coefficient (Wildman–Crippen LogP) is 3.25. The van der Waals surface area contributed by atoms with E-state index in [1.54, 1.807) is 18.2 Å². The third-order valence-electron chi connectivity index (χ3n) is 8.27. The number of aromatic nitrogens is 4. The van der Waals surface area contributed by atoms with Crippen LogP contribution in [0.2, 0.25) is 0 Å². The number of imidazole rings is 1. The molecule has 1 unspecified atom stereocenters. The number of anilines is 1. The van der Waals surface area contributed by atoms with Gasteiger partial charge in [-0.05, 0) is 51.0 Å². The van der Waals surface area contributed by atoms with E-state index < -0.39 is 50.4 Å². The molecule has 3 heterocycles. The fraction of sp³-hybridized carbons (Fsp3) is 0.467. The van der Waals surface area contributed by atoms with Gasteiger partial charge in [0.25, 0.3) is 0 Å². The van der Waals surface area contributed by atoms with Gasteiger partial charge in [-0.3, -0.25) is 13.9 Å². The van der Waals surface area contributed by atoms with Crippen molar-refractivity contribution in [3.05, 3.63) is 48.8 Å². The molecule has 1 saturated heterocycles. The molecule has 246 valence electrons. The minimum atomic E-state index is -4.35. The van der Waals surface area contributed by atoms with Crippen LogP contribution in [0.1, 0.15) is 45.8 Å². The van der Waals surface area contributed by atoms with Gasteiger partial charge in [-0.25, -0.2) is 9.55 Å². The van der Waals surface area contributed by atoms with Crippen molar-refractivity contribution in [1.82, 2.24) is 24.6 Å². The molecule has 2 aromatic heterocycles. The Labute approximate surface area is 264 Å². The van der Waals surface area contributed by atoms with Crippen LogP contribution in [-0.4, -0.2) is 79.4 Å². The molecule has 6 atom stereocenters. The first-order chi connectivity index (χ1) is 22.0. The van der Waals surface area contributed by atoms with E-state index in [-0.39, 0.29) is 34.8 Å². The number of nitrogen functional groups attached to an aromatic ring is 1. The molecule has 2 fully saturated rings. The minimum Gasteiger partial charge on any atom is -0.479 e. The topological polar surface area (TPSA) is 202 Å². The molecule has 2 aromatic carbocycles. The number of nitrogens with one attached hydrogen (secondary N) is 1. The van der Waals surface area contributed by atoms with Crippen LogP contribution in [0.5, 0.6) is 11.6 Å². The zero-order valence-electron chi connectivity index (χ0n) is 25.6. The number of fused-ring (bicyclic) bond motifs is 2. The largest absolute Gasteiger partial charge is 0.479 e. The van der Waals surface area contributed by atoms with Crippen LogP contribution in [0.25, 0.3) is 21.9 Å². The van der Waals surface area contributed by atoms with Gasteiger partial charge in [0.1, 0.15) is 35.7 Å². The number of nitrogens with two attached hydrogens (primary N) is 1. The highest BCUT2D eigenvalue weighted by molar-refractivity contribution is 7.52. The second kappa shape index (κ2) is 12.7. The standard InChI is InChI=1S/C30H37N6O9P/c1-17(27(38)43-19-11-5-6-12-19)35-46(40,45-21-14-8-10-18-9-4-7-13-20(18)21)42-15-22-24(37)30(2,39)28(44-22)36-16-32-23-25(36)33-29(31)34-26(23)41-3/h4,7-10,13-14,16-17,19,22,24,28,37,39H,5-6,11-12,15H2,1-3H3,(H,35,40)(H2,31,33,34)/t17-,22+,24+,28+,30+,46?/m0/s1. The maximum atomic E-state index is 14.4. The van der Waals surface area contributed by atoms with Gasteiger partial charge >= 0.3 is 13.7 Å². The average Bonchev–Trinajstić information content (AvgIpc) is 3.75. The fourth-order valence-electron chi connectivity index (χ4n) is 5.83. The maximum absolute atomic E-state index is 14.4. The van der Waals surface area contributed by atoms with Gasteiger partial charge in [-0.2, -0.15) is 15.1 Å². The molecule has 46 heavy (non-hydrogen) atoms. The van der Waals surface area contributed by atoms with Crippen LogP contribution >= 0.6 is 7.75 Å². The number of hydrogen-bond acceptors (Lipinski definition) is 13. The van der Waals surface area contributed by atoms with Gasteiger partial charge in [0.15, 0.2) is 17.4 Å². The van der Waals surface area contributed by atoms with Crippen LogP contribution in [0, 0.1) is 0 Å². The molecule has 0 amide bonds. The SMILES string of the molecule is COc1nc(N)nc2c1ncn2[C@@H]1O[C@H](COP(=O)(N[C@@H](C)C(=O)OC2CCCC2)Oc2cccc3ccccc23)[C@@H](O)[C@@]1(C)O. The predicted molar refractivity (Wildman–Crippen MR) is 166 cm³/mol. The molecule has 4 aromatic rings. The van der Waals surface area contributed by atoms with Gasteiger partial charge < -0.3 is 34.7 Å². The second-order valence-electron chi connectivity index (χ2n) is 11.7. The van der Waals surface area contributed by atoms with Gasteiger partial charge in [0.05, 0.1) is 20.0 Å². The van der Waals surface area contributed by atoms with E-state index in [0.29, 0.717) is 5.39 Å². The number of methoxy groups -OCH3 is 1. The highest BCUT2D eigenvalue weighted by Gasteiger charge is 2.54. The molecule has 0 bridgehead atoms. The van der Waals surface area contributed by atoms with E-state index in [1.165, 1.54) is 31.9 Å². The molecule has 5 N–H and O–H groups in total. The number of ether oxygens (including phenoxy) is 3. The quantitative estimate of drug-likeness (QED) is 0.135. The number of rotatable bonds is 11. The van der Waals surface area contributed by atoms with Gasteiger partial charge in [-0.15, -0.1) is 0 Å². The smallest absolute Gasteiger partial charge is 0.459 e. The van der Waals surface area contributed by atoms with Crippen molar-refractivity contribution in [3.8, 4) is 11.6 Å². The molecule has 1 saturated carbocycles. The van der Waals surface area contributed by atoms with E-state index in [9.17, 15) is 19.6 Å². The van der Waals surface area contributed by atoms with E-state index in [2.05, 4.69) is 20.0 Å². The number of carbonyl (C=O) groups is 1. The van der Waals surface area contributed by atoms with Crippen LogP contribution in [0.15, 0.2) is 48.8 Å². The Morgan fingerprint density at radius 3 is 2.72 bits per heavy atom. The summed E-state index contributed by atoms with van der Waals surface area (Å²) in [5.41, 5.74) is 4.42. The first kappa shape index (κ1) is 32.1. The normalized spacial score (nSPS) is 25.5. The van der Waals surface area contributed by atoms with Crippen LogP contribution in [-0.2, 0) is 23.4 Å². The Bertz CT molecular complexity index is 1770. The van der Waals surface area contributed by atoms with Crippen molar-refractivity contribution >= 4 is 41.6 Å². The van der Waals surface area contributed by atoms with Crippen molar-refractivity contribution in [2.75, 3.05) is 19.5 Å². The monoisotopic (exact) mass is 656 g/mol. The number of benzene rings is 2. The van der Waals surface area contributed by atoms with E-state index in [0.717, 1.165) is 31.1 Å². The Morgan fingerprint density at radius 2 is 1.96 bits per heavy atom. The number of aliphatic hydroxyl groups is 2. The van der Waals surface area contributed by atoms with Crippen molar-refractivity contribution in [2.24, 2.45) is 0 Å². The lowest BCUT2D eigenvalue weighted by Gasteiger charge is -2.27. The third kappa shape index (κ3) is 6.26. The molecular formula is C30H37N6O9P. The summed E-state index contributed by atoms with van der Waals surface area (Å²) in [6, 6.07) is 11.5. The van der Waals surface area contributed by atoms with Crippen LogP contribution < -0.4 is 20.1 Å². The van der Waals surface area contributed by atoms with Crippen molar-refractivity contribution in [1.29, 1.82) is 0 Å².